The number of aromatic carboxylic acids is 1. The molecule has 3 rings (SSSR count). The second-order valence-corrected chi connectivity index (χ2v) is 5.64. The number of pyridine rings is 1. The molecule has 7 heteroatoms. The Bertz CT molecular complexity index is 1020. The summed E-state index contributed by atoms with van der Waals surface area (Å²) in [6.07, 6.45) is 1.43. The Kier molecular flexibility index (Phi) is 5.21. The quantitative estimate of drug-likeness (QED) is 0.670. The summed E-state index contributed by atoms with van der Waals surface area (Å²) in [7, 11) is 1.54. The molecule has 0 spiro atoms. The number of aromatic nitrogens is 1. The predicted octanol–water partition coefficient (Wildman–Crippen LogP) is 2.53. The maximum absolute atomic E-state index is 12.4. The summed E-state index contributed by atoms with van der Waals surface area (Å²) in [6.45, 7) is 1.93. The zero-order valence-electron chi connectivity index (χ0n) is 14.8. The number of carbonyl (C=O) groups excluding carboxylic acids is 2. The SMILES string of the molecule is CCOC(=O)c1cnc2ccc(OC)cc2c1Nc1cccc(C(=O)[O-])c1. The molecule has 138 valence electrons. The number of rotatable bonds is 6. The van der Waals surface area contributed by atoms with Crippen molar-refractivity contribution in [1.29, 1.82) is 0 Å². The van der Waals surface area contributed by atoms with Crippen LogP contribution in [-0.2, 0) is 4.74 Å². The number of fused-ring (bicyclic) bond motifs is 1. The number of nitrogens with one attached hydrogen (secondary N) is 1. The van der Waals surface area contributed by atoms with Gasteiger partial charge in [0.05, 0.1) is 30.9 Å². The third-order valence-corrected chi connectivity index (χ3v) is 3.94. The van der Waals surface area contributed by atoms with E-state index in [4.69, 9.17) is 9.47 Å². The normalized spacial score (nSPS) is 10.4. The highest BCUT2D eigenvalue weighted by atomic mass is 16.5. The Morgan fingerprint density at radius 1 is 1.19 bits per heavy atom. The summed E-state index contributed by atoms with van der Waals surface area (Å²) in [4.78, 5) is 27.8. The van der Waals surface area contributed by atoms with Crippen LogP contribution in [0, 0.1) is 0 Å². The average Bonchev–Trinajstić information content (AvgIpc) is 2.68. The lowest BCUT2D eigenvalue weighted by Crippen LogP contribution is -2.22. The molecule has 2 aromatic carbocycles. The van der Waals surface area contributed by atoms with Crippen LogP contribution in [0.3, 0.4) is 0 Å². The van der Waals surface area contributed by atoms with E-state index in [0.717, 1.165) is 0 Å². The molecule has 0 saturated carbocycles. The molecule has 0 aliphatic rings. The number of ether oxygens (including phenoxy) is 2. The number of esters is 1. The topological polar surface area (TPSA) is 101 Å². The minimum absolute atomic E-state index is 0.0219. The molecule has 7 nitrogen and oxygen atoms in total. The first-order chi connectivity index (χ1) is 13.0. The lowest BCUT2D eigenvalue weighted by Gasteiger charge is -2.15. The van der Waals surface area contributed by atoms with Crippen LogP contribution in [0.5, 0.6) is 5.75 Å². The van der Waals surface area contributed by atoms with Crippen molar-refractivity contribution < 1.29 is 24.2 Å². The number of benzene rings is 2. The van der Waals surface area contributed by atoms with Crippen molar-refractivity contribution in [3.8, 4) is 5.75 Å². The van der Waals surface area contributed by atoms with Gasteiger partial charge in [-0.2, -0.15) is 0 Å². The van der Waals surface area contributed by atoms with Gasteiger partial charge in [0.2, 0.25) is 0 Å². The van der Waals surface area contributed by atoms with Crippen molar-refractivity contribution in [3.63, 3.8) is 0 Å². The summed E-state index contributed by atoms with van der Waals surface area (Å²) in [5, 5.41) is 14.9. The van der Waals surface area contributed by atoms with Gasteiger partial charge >= 0.3 is 5.97 Å². The number of carbonyl (C=O) groups is 2. The first-order valence-electron chi connectivity index (χ1n) is 8.25. The van der Waals surface area contributed by atoms with Gasteiger partial charge in [-0.15, -0.1) is 0 Å². The fourth-order valence-corrected chi connectivity index (χ4v) is 2.67. The van der Waals surface area contributed by atoms with Crippen molar-refractivity contribution in [2.45, 2.75) is 6.92 Å². The minimum Gasteiger partial charge on any atom is -0.545 e. The molecule has 0 fully saturated rings. The summed E-state index contributed by atoms with van der Waals surface area (Å²) < 4.78 is 10.4. The Balaban J connectivity index is 2.17. The predicted molar refractivity (Wildman–Crippen MR) is 98.3 cm³/mol. The molecule has 0 saturated heterocycles. The lowest BCUT2D eigenvalue weighted by molar-refractivity contribution is -0.255. The standard InChI is InChI=1S/C20H18N2O5/c1-3-27-20(25)16-11-21-17-8-7-14(26-2)10-15(17)18(16)22-13-6-4-5-12(9-13)19(23)24/h4-11H,3H2,1-2H3,(H,21,22)(H,23,24)/p-1. The average molecular weight is 365 g/mol. The molecule has 1 aromatic heterocycles. The highest BCUT2D eigenvalue weighted by Crippen LogP contribution is 2.32. The van der Waals surface area contributed by atoms with E-state index in [-0.39, 0.29) is 17.7 Å². The fourth-order valence-electron chi connectivity index (χ4n) is 2.67. The van der Waals surface area contributed by atoms with Crippen molar-refractivity contribution in [2.24, 2.45) is 0 Å². The number of carboxylic acid groups (broad SMARTS) is 1. The van der Waals surface area contributed by atoms with E-state index in [0.29, 0.717) is 28.0 Å². The Morgan fingerprint density at radius 3 is 2.70 bits per heavy atom. The second kappa shape index (κ2) is 7.74. The number of hydrogen-bond donors (Lipinski definition) is 1. The van der Waals surface area contributed by atoms with Crippen molar-refractivity contribution in [2.75, 3.05) is 19.0 Å². The van der Waals surface area contributed by atoms with Gasteiger partial charge < -0.3 is 24.7 Å². The van der Waals surface area contributed by atoms with Crippen LogP contribution in [-0.4, -0.2) is 30.6 Å². The van der Waals surface area contributed by atoms with Crippen molar-refractivity contribution in [3.05, 3.63) is 59.8 Å². The number of anilines is 2. The molecule has 27 heavy (non-hydrogen) atoms. The maximum Gasteiger partial charge on any atom is 0.341 e. The third kappa shape index (κ3) is 3.82. The molecule has 0 aliphatic carbocycles. The molecular formula is C20H17N2O5-. The number of hydrogen-bond acceptors (Lipinski definition) is 7. The van der Waals surface area contributed by atoms with Gasteiger partial charge in [-0.25, -0.2) is 4.79 Å². The highest BCUT2D eigenvalue weighted by molar-refractivity contribution is 6.06. The van der Waals surface area contributed by atoms with Crippen molar-refractivity contribution >= 4 is 34.2 Å². The number of nitrogens with zero attached hydrogens (tertiary/aromatic N) is 1. The molecule has 0 radical (unpaired) electrons. The van der Waals surface area contributed by atoms with Gasteiger partial charge in [0.25, 0.3) is 0 Å². The Labute approximate surface area is 155 Å². The molecule has 0 atom stereocenters. The van der Waals surface area contributed by atoms with E-state index < -0.39 is 11.9 Å². The highest BCUT2D eigenvalue weighted by Gasteiger charge is 2.17. The summed E-state index contributed by atoms with van der Waals surface area (Å²) in [5.41, 5.74) is 1.83. The number of carboxylic acids is 1. The van der Waals surface area contributed by atoms with Crippen LogP contribution in [0.2, 0.25) is 0 Å². The lowest BCUT2D eigenvalue weighted by atomic mass is 10.1. The first-order valence-corrected chi connectivity index (χ1v) is 8.25. The zero-order valence-corrected chi connectivity index (χ0v) is 14.8. The second-order valence-electron chi connectivity index (χ2n) is 5.64. The van der Waals surface area contributed by atoms with Gasteiger partial charge in [0.1, 0.15) is 11.3 Å². The molecule has 0 aliphatic heterocycles. The van der Waals surface area contributed by atoms with E-state index in [9.17, 15) is 14.7 Å². The summed E-state index contributed by atoms with van der Waals surface area (Å²) >= 11 is 0. The molecule has 0 unspecified atom stereocenters. The van der Waals surface area contributed by atoms with Crippen LogP contribution in [0.4, 0.5) is 11.4 Å². The van der Waals surface area contributed by atoms with E-state index >= 15 is 0 Å². The van der Waals surface area contributed by atoms with Crippen LogP contribution in [0.15, 0.2) is 48.7 Å². The van der Waals surface area contributed by atoms with Gasteiger partial charge in [0.15, 0.2) is 0 Å². The fraction of sp³-hybridized carbons (Fsp3) is 0.150. The first kappa shape index (κ1) is 18.2. The molecule has 1 N–H and O–H groups in total. The Morgan fingerprint density at radius 2 is 2.00 bits per heavy atom. The zero-order chi connectivity index (χ0) is 19.4. The largest absolute Gasteiger partial charge is 0.545 e. The van der Waals surface area contributed by atoms with E-state index in [1.807, 2.05) is 0 Å². The van der Waals surface area contributed by atoms with Gasteiger partial charge in [-0.05, 0) is 42.8 Å². The Hall–Kier alpha value is -3.61. The summed E-state index contributed by atoms with van der Waals surface area (Å²) in [6, 6.07) is 11.4. The van der Waals surface area contributed by atoms with Gasteiger partial charge in [-0.1, -0.05) is 12.1 Å². The maximum atomic E-state index is 12.4. The van der Waals surface area contributed by atoms with Crippen LogP contribution in [0.1, 0.15) is 27.6 Å². The van der Waals surface area contributed by atoms with Crippen LogP contribution in [0.25, 0.3) is 10.9 Å². The third-order valence-electron chi connectivity index (χ3n) is 3.94. The van der Waals surface area contributed by atoms with E-state index in [2.05, 4.69) is 10.3 Å². The van der Waals surface area contributed by atoms with E-state index in [1.165, 1.54) is 18.3 Å². The van der Waals surface area contributed by atoms with E-state index in [1.54, 1.807) is 44.4 Å². The van der Waals surface area contributed by atoms with Gasteiger partial charge in [0, 0.05) is 17.3 Å². The molecule has 1 heterocycles. The van der Waals surface area contributed by atoms with Crippen molar-refractivity contribution in [1.82, 2.24) is 4.98 Å². The molecule has 0 amide bonds. The van der Waals surface area contributed by atoms with Crippen LogP contribution < -0.4 is 15.2 Å². The summed E-state index contributed by atoms with van der Waals surface area (Å²) in [5.74, 6) is -1.23. The van der Waals surface area contributed by atoms with Crippen LogP contribution >= 0.6 is 0 Å². The number of methoxy groups -OCH3 is 1. The molecule has 0 bridgehead atoms. The monoisotopic (exact) mass is 365 g/mol. The minimum atomic E-state index is -1.29. The smallest absolute Gasteiger partial charge is 0.341 e. The molecular weight excluding hydrogens is 348 g/mol. The molecule has 3 aromatic rings. The van der Waals surface area contributed by atoms with Gasteiger partial charge in [-0.3, -0.25) is 4.98 Å².